The van der Waals surface area contributed by atoms with Crippen molar-refractivity contribution in [2.75, 3.05) is 0 Å². The van der Waals surface area contributed by atoms with Gasteiger partial charge in [0.1, 0.15) is 88.9 Å². The Hall–Kier alpha value is -7.17. The van der Waals surface area contributed by atoms with Gasteiger partial charge in [0.15, 0.2) is 85.3 Å². The summed E-state index contributed by atoms with van der Waals surface area (Å²) in [6.07, 6.45) is -7.44. The van der Waals surface area contributed by atoms with Crippen LogP contribution in [0.25, 0.3) is 0 Å². The minimum absolute atomic E-state index is 0.0500. The quantitative estimate of drug-likeness (QED) is 0.0393. The Bertz CT molecular complexity index is 4740. The average molecular weight is 1860 g/mol. The van der Waals surface area contributed by atoms with Crippen molar-refractivity contribution < 1.29 is 194 Å². The van der Waals surface area contributed by atoms with Gasteiger partial charge in [-0.15, -0.1) is 0 Å². The van der Waals surface area contributed by atoms with E-state index in [1.54, 1.807) is 0 Å². The normalized spacial score (nSPS) is 41.9. The summed E-state index contributed by atoms with van der Waals surface area (Å²) in [6, 6.07) is 0. The number of hydrogen-bond donors (Lipinski definition) is 0. The van der Waals surface area contributed by atoms with Gasteiger partial charge in [-0.3, -0.25) is 57.5 Å². The highest BCUT2D eigenvalue weighted by atomic mass is 32.2. The lowest BCUT2D eigenvalue weighted by Gasteiger charge is -2.37. The van der Waals surface area contributed by atoms with E-state index in [2.05, 4.69) is 14.2 Å². The number of halogens is 6. The van der Waals surface area contributed by atoms with Gasteiger partial charge >= 0.3 is 87.4 Å². The van der Waals surface area contributed by atoms with Crippen LogP contribution in [0.5, 0.6) is 0 Å². The second kappa shape index (κ2) is 32.7. The van der Waals surface area contributed by atoms with Gasteiger partial charge in [-0.25, -0.2) is 25.3 Å². The monoisotopic (exact) mass is 1860 g/mol. The third-order valence-electron chi connectivity index (χ3n) is 31.5. The zero-order valence-electron chi connectivity index (χ0n) is 69.4. The van der Waals surface area contributed by atoms with Crippen molar-refractivity contribution >= 4 is 102 Å². The average Bonchev–Trinajstić information content (AvgIpc) is 1.55. The van der Waals surface area contributed by atoms with Gasteiger partial charge in [-0.2, -0.15) is 26.3 Å². The summed E-state index contributed by atoms with van der Waals surface area (Å²) in [5, 5.41) is -14.6. The van der Waals surface area contributed by atoms with Gasteiger partial charge in [0, 0.05) is 0 Å². The molecule has 0 N–H and O–H groups in total. The van der Waals surface area contributed by atoms with Crippen LogP contribution in [-0.4, -0.2) is 235 Å². The maximum absolute atomic E-state index is 13.8. The first-order chi connectivity index (χ1) is 58.8. The van der Waals surface area contributed by atoms with E-state index in [0.717, 1.165) is 38.5 Å². The lowest BCUT2D eigenvalue weighted by atomic mass is 9.78. The molecule has 0 amide bonds. The van der Waals surface area contributed by atoms with Gasteiger partial charge in [0.05, 0.1) is 38.5 Å². The molecular formula is C81H99F6O36S3-3. The summed E-state index contributed by atoms with van der Waals surface area (Å²) in [5.41, 5.74) is -1.95. The highest BCUT2D eigenvalue weighted by molar-refractivity contribution is 7.87. The molecule has 36 nitrogen and oxygen atoms in total. The fraction of sp³-hybridized carbons (Fsp3) is 0.852. The summed E-state index contributed by atoms with van der Waals surface area (Å²) < 4.78 is 260. The lowest BCUT2D eigenvalue weighted by Crippen LogP contribution is -2.50. The second-order valence-corrected chi connectivity index (χ2v) is 42.9. The van der Waals surface area contributed by atoms with Crippen LogP contribution in [0.3, 0.4) is 0 Å². The molecule has 0 aromatic rings. The summed E-state index contributed by atoms with van der Waals surface area (Å²) in [4.78, 5) is 153. The summed E-state index contributed by atoms with van der Waals surface area (Å²) in [6.45, 7) is 9.58. The van der Waals surface area contributed by atoms with Gasteiger partial charge < -0.3 is 84.7 Å². The number of esters is 12. The number of carbonyl (C=O) groups excluding carboxylic acids is 12. The number of rotatable bonds is 29. The number of carbonyl (C=O) groups is 12. The SMILES string of the molecule is CC(C)C1(OC(=O)C2C3OC4C(OC(=O)C42)C3OC(=O)CCC(=O)OC(C)C(F)(F)S(=O)(=O)[O-])CC2C3CCC(C3)C2C1.CC(OC(=O)CCC(=O)OC1C2OC(=O)C3C2OC1C3C(=O)OC1(C)CC2C3CCC(C3)C2C1)C(F)(F)S(=O)(=O)[O-].CCC1(OC(=O)C2C3OC4C(OC(=O)C42)C3OC(=O)CCC(=O)OC(C)C(F)(F)S(=O)(=O)[O-])CC2C3CCC(C3)C2C1. The Morgan fingerprint density at radius 1 is 0.389 bits per heavy atom. The largest absolute Gasteiger partial charge is 0.743 e. The van der Waals surface area contributed by atoms with E-state index < -0.39 is 300 Å². The highest BCUT2D eigenvalue weighted by Gasteiger charge is 2.77. The second-order valence-electron chi connectivity index (χ2n) is 38.5. The van der Waals surface area contributed by atoms with Gasteiger partial charge in [-0.05, 0) is 207 Å². The van der Waals surface area contributed by atoms with Crippen molar-refractivity contribution in [2.45, 2.75) is 314 Å². The van der Waals surface area contributed by atoms with E-state index in [9.17, 15) is 123 Å². The third-order valence-corrected chi connectivity index (χ3v) is 34.5. The van der Waals surface area contributed by atoms with Crippen LogP contribution in [0, 0.1) is 112 Å². The molecule has 0 radical (unpaired) electrons. The van der Waals surface area contributed by atoms with E-state index in [-0.39, 0.29) is 5.92 Å². The Balaban J connectivity index is 0.000000139. The van der Waals surface area contributed by atoms with E-state index in [1.807, 2.05) is 27.7 Å². The summed E-state index contributed by atoms with van der Waals surface area (Å²) in [7, 11) is -18.3. The number of alkyl halides is 6. The van der Waals surface area contributed by atoms with E-state index in [4.69, 9.17) is 56.8 Å². The molecule has 126 heavy (non-hydrogen) atoms. The fourth-order valence-electron chi connectivity index (χ4n) is 25.5. The molecule has 9 saturated carbocycles. The van der Waals surface area contributed by atoms with Crippen LogP contribution in [-0.2, 0) is 159 Å². The Labute approximate surface area is 718 Å². The molecule has 0 spiro atoms. The third kappa shape index (κ3) is 15.9. The molecule has 18 rings (SSSR count). The van der Waals surface area contributed by atoms with E-state index in [1.165, 1.54) is 57.8 Å². The summed E-state index contributed by atoms with van der Waals surface area (Å²) >= 11 is 0. The van der Waals surface area contributed by atoms with Crippen LogP contribution >= 0.6 is 0 Å². The van der Waals surface area contributed by atoms with E-state index >= 15 is 0 Å². The minimum Gasteiger partial charge on any atom is -0.743 e. The van der Waals surface area contributed by atoms with Crippen molar-refractivity contribution in [3.63, 3.8) is 0 Å². The maximum Gasteiger partial charge on any atom is 0.369 e. The molecule has 0 aromatic carbocycles. The molecule has 9 aliphatic carbocycles. The molecule has 18 aliphatic rings. The molecule has 45 heteroatoms. The van der Waals surface area contributed by atoms with Gasteiger partial charge in [0.25, 0.3) is 0 Å². The van der Waals surface area contributed by atoms with Gasteiger partial charge in [0.2, 0.25) is 0 Å². The Morgan fingerprint density at radius 2 is 0.651 bits per heavy atom. The van der Waals surface area contributed by atoms with Crippen molar-refractivity contribution in [2.24, 2.45) is 112 Å². The molecule has 702 valence electrons. The van der Waals surface area contributed by atoms with Gasteiger partial charge in [-0.1, -0.05) is 20.8 Å². The molecule has 9 aliphatic heterocycles. The number of hydrogen-bond acceptors (Lipinski definition) is 36. The molecule has 0 aromatic heterocycles. The Kier molecular flexibility index (Phi) is 23.9. The van der Waals surface area contributed by atoms with E-state index in [0.29, 0.717) is 98.2 Å². The molecular weight excluding hydrogens is 1760 g/mol. The van der Waals surface area contributed by atoms with Crippen LogP contribution in [0.4, 0.5) is 26.3 Å². The predicted octanol–water partition coefficient (Wildman–Crippen LogP) is 5.36. The predicted molar refractivity (Wildman–Crippen MR) is 393 cm³/mol. The fourth-order valence-corrected chi connectivity index (χ4v) is 26.9. The van der Waals surface area contributed by atoms with Crippen molar-refractivity contribution in [3.8, 4) is 0 Å². The first-order valence-corrected chi connectivity index (χ1v) is 47.4. The van der Waals surface area contributed by atoms with Crippen LogP contribution in [0.1, 0.15) is 190 Å². The highest BCUT2D eigenvalue weighted by Crippen LogP contribution is 2.67. The van der Waals surface area contributed by atoms with Crippen molar-refractivity contribution in [3.05, 3.63) is 0 Å². The van der Waals surface area contributed by atoms with Crippen molar-refractivity contribution in [1.82, 2.24) is 0 Å². The number of fused-ring (bicyclic) bond motifs is 18. The molecule has 33 unspecified atom stereocenters. The topological polar surface area (TPSA) is 515 Å². The van der Waals surface area contributed by atoms with Crippen LogP contribution < -0.4 is 0 Å². The lowest BCUT2D eigenvalue weighted by molar-refractivity contribution is -0.178. The zero-order chi connectivity index (χ0) is 91.2. The first kappa shape index (κ1) is 92.1. The van der Waals surface area contributed by atoms with Crippen LogP contribution in [0.15, 0.2) is 0 Å². The first-order valence-electron chi connectivity index (χ1n) is 43.2. The zero-order valence-corrected chi connectivity index (χ0v) is 71.8. The molecule has 18 fully saturated rings. The molecule has 12 bridgehead atoms. The smallest absolute Gasteiger partial charge is 0.369 e. The summed E-state index contributed by atoms with van der Waals surface area (Å²) in [5.74, 6) is -9.37. The maximum atomic E-state index is 13.8. The molecule has 9 heterocycles. The Morgan fingerprint density at radius 3 is 0.929 bits per heavy atom. The standard InChI is InChI=1S/C28H36F2O12S.C27H34F2O12S.C26H32F2O12S/c1-11(2)27(9-15-13-4-5-14(8-13)16(15)10-27)42-26(34)20-19-21-24(41-25(19)33)23(22(20)40-21)39-18(32)7-6-17(31)38-12(3)28(29,30)43(35,36)37;1-3-26(9-14-12-4-5-13(8-12)15(14)10-26)41-25(33)19-18-20-23(40-24(18)32)22(21(19)39-20)38-17(31)7-6-16(30)37-11(2)27(28,29)42(34,35)36;1-10(26(27,28)41(33,34)35)36-15(29)5-6-16(30)37-21-20-18(17-19(38-20)22(21)39-23(17)31)24(32)40-25(2)8-13-11-3-4-12(7-11)14(13)9-25/h11-16,19-24H,4-10H2,1-3H3,(H,35,36,37);11-15,18-23H,3-10H2,1-2H3,(H,34,35,36);10-14,17-22H,3-9H2,1-2H3,(H,33,34,35)/p-3. The number of ether oxygens (including phenoxy) is 15. The van der Waals surface area contributed by atoms with Crippen molar-refractivity contribution in [1.29, 1.82) is 0 Å². The minimum atomic E-state index is -6.09. The molecule has 9 saturated heterocycles. The molecule has 33 atom stereocenters. The van der Waals surface area contributed by atoms with Crippen LogP contribution in [0.2, 0.25) is 0 Å².